The lowest BCUT2D eigenvalue weighted by molar-refractivity contribution is -0.131. The van der Waals surface area contributed by atoms with E-state index in [0.29, 0.717) is 18.7 Å². The van der Waals surface area contributed by atoms with Gasteiger partial charge in [0.25, 0.3) is 5.91 Å². The minimum Gasteiger partial charge on any atom is -0.508 e. The van der Waals surface area contributed by atoms with Gasteiger partial charge in [0.2, 0.25) is 5.91 Å². The Kier molecular flexibility index (Phi) is 4.38. The highest BCUT2D eigenvalue weighted by atomic mass is 16.3. The largest absolute Gasteiger partial charge is 0.508 e. The van der Waals surface area contributed by atoms with Gasteiger partial charge in [-0.3, -0.25) is 9.59 Å². The van der Waals surface area contributed by atoms with Crippen molar-refractivity contribution in [2.45, 2.75) is 30.7 Å². The van der Waals surface area contributed by atoms with E-state index in [-0.39, 0.29) is 29.0 Å². The molecule has 1 N–H and O–H groups in total. The Morgan fingerprint density at radius 3 is 2.30 bits per heavy atom. The van der Waals surface area contributed by atoms with Crippen LogP contribution >= 0.6 is 0 Å². The molecule has 1 spiro atoms. The average Bonchev–Trinajstić information content (AvgIpc) is 2.95. The summed E-state index contributed by atoms with van der Waals surface area (Å²) in [5, 5.41) is 9.40. The molecule has 2 heterocycles. The standard InChI is InChI=1S/C22H24N2O3/c1-23-21(27)19(16-5-3-2-4-6-16)15-22(23)11-13-24(14-12-22)20(26)17-7-9-18(25)10-8-17/h2-10,19,25H,11-15H2,1H3/t19-/m0/s1. The normalized spacial score (nSPS) is 21.7. The van der Waals surface area contributed by atoms with E-state index in [0.717, 1.165) is 24.8 Å². The molecule has 2 aliphatic heterocycles. The summed E-state index contributed by atoms with van der Waals surface area (Å²) in [4.78, 5) is 29.4. The predicted octanol–water partition coefficient (Wildman–Crippen LogP) is 3.01. The number of phenols is 1. The van der Waals surface area contributed by atoms with Crippen molar-refractivity contribution in [3.8, 4) is 5.75 Å². The summed E-state index contributed by atoms with van der Waals surface area (Å²) in [6.45, 7) is 1.28. The summed E-state index contributed by atoms with van der Waals surface area (Å²) in [6, 6.07) is 16.4. The molecule has 2 aromatic rings. The zero-order valence-electron chi connectivity index (χ0n) is 15.5. The van der Waals surface area contributed by atoms with Crippen molar-refractivity contribution in [3.63, 3.8) is 0 Å². The van der Waals surface area contributed by atoms with Crippen LogP contribution < -0.4 is 0 Å². The lowest BCUT2D eigenvalue weighted by Gasteiger charge is -2.43. The fraction of sp³-hybridized carbons (Fsp3) is 0.364. The van der Waals surface area contributed by atoms with Crippen molar-refractivity contribution in [2.24, 2.45) is 0 Å². The quantitative estimate of drug-likeness (QED) is 0.891. The van der Waals surface area contributed by atoms with Gasteiger partial charge < -0.3 is 14.9 Å². The van der Waals surface area contributed by atoms with Gasteiger partial charge in [0.1, 0.15) is 5.75 Å². The van der Waals surface area contributed by atoms with Crippen molar-refractivity contribution in [3.05, 3.63) is 65.7 Å². The summed E-state index contributed by atoms with van der Waals surface area (Å²) in [5.41, 5.74) is 1.50. The van der Waals surface area contributed by atoms with Crippen molar-refractivity contribution in [2.75, 3.05) is 20.1 Å². The van der Waals surface area contributed by atoms with Crippen LogP contribution in [-0.2, 0) is 4.79 Å². The number of aromatic hydroxyl groups is 1. The first-order valence-corrected chi connectivity index (χ1v) is 9.41. The maximum atomic E-state index is 12.9. The fourth-order valence-corrected chi connectivity index (χ4v) is 4.47. The van der Waals surface area contributed by atoms with Crippen molar-refractivity contribution in [1.29, 1.82) is 0 Å². The van der Waals surface area contributed by atoms with Crippen molar-refractivity contribution < 1.29 is 14.7 Å². The molecule has 2 saturated heterocycles. The second kappa shape index (κ2) is 6.72. The average molecular weight is 364 g/mol. The summed E-state index contributed by atoms with van der Waals surface area (Å²) in [6.07, 6.45) is 2.40. The van der Waals surface area contributed by atoms with Crippen LogP contribution in [0.4, 0.5) is 0 Å². The molecule has 0 saturated carbocycles. The molecule has 5 nitrogen and oxygen atoms in total. The molecule has 0 unspecified atom stereocenters. The summed E-state index contributed by atoms with van der Waals surface area (Å²) >= 11 is 0. The minimum absolute atomic E-state index is 0.0172. The van der Waals surface area contributed by atoms with Gasteiger partial charge in [-0.2, -0.15) is 0 Å². The molecule has 2 aromatic carbocycles. The van der Waals surface area contributed by atoms with Crippen molar-refractivity contribution in [1.82, 2.24) is 9.80 Å². The molecule has 2 fully saturated rings. The predicted molar refractivity (Wildman–Crippen MR) is 103 cm³/mol. The van der Waals surface area contributed by atoms with E-state index < -0.39 is 0 Å². The molecular weight excluding hydrogens is 340 g/mol. The van der Waals surface area contributed by atoms with E-state index in [1.54, 1.807) is 12.1 Å². The number of piperidine rings is 1. The summed E-state index contributed by atoms with van der Waals surface area (Å²) in [5.74, 6) is 0.230. The maximum Gasteiger partial charge on any atom is 0.253 e. The number of likely N-dealkylation sites (tertiary alicyclic amines) is 2. The minimum atomic E-state index is -0.163. The molecule has 27 heavy (non-hydrogen) atoms. The number of hydrogen-bond donors (Lipinski definition) is 1. The van der Waals surface area contributed by atoms with Crippen molar-refractivity contribution >= 4 is 11.8 Å². The first kappa shape index (κ1) is 17.6. The van der Waals surface area contributed by atoms with Gasteiger partial charge in [-0.05, 0) is 49.1 Å². The van der Waals surface area contributed by atoms with Gasteiger partial charge in [0.15, 0.2) is 0 Å². The van der Waals surface area contributed by atoms with E-state index >= 15 is 0 Å². The molecule has 4 rings (SSSR count). The van der Waals surface area contributed by atoms with Gasteiger partial charge in [-0.25, -0.2) is 0 Å². The Labute approximate surface area is 159 Å². The summed E-state index contributed by atoms with van der Waals surface area (Å²) in [7, 11) is 1.91. The molecule has 0 bridgehead atoms. The van der Waals surface area contributed by atoms with Crippen LogP contribution in [0.15, 0.2) is 54.6 Å². The molecule has 5 heteroatoms. The molecule has 2 amide bonds. The van der Waals surface area contributed by atoms with E-state index in [4.69, 9.17) is 0 Å². The van der Waals surface area contributed by atoms with Gasteiger partial charge >= 0.3 is 0 Å². The Bertz CT molecular complexity index is 840. The zero-order valence-corrected chi connectivity index (χ0v) is 15.5. The SMILES string of the molecule is CN1C(=O)[C@H](c2ccccc2)CC12CCN(C(=O)c1ccc(O)cc1)CC2. The molecular formula is C22H24N2O3. The van der Waals surface area contributed by atoms with Crippen LogP contribution in [-0.4, -0.2) is 52.4 Å². The van der Waals surface area contributed by atoms with Gasteiger partial charge in [-0.15, -0.1) is 0 Å². The smallest absolute Gasteiger partial charge is 0.253 e. The molecule has 0 aromatic heterocycles. The second-order valence-corrected chi connectivity index (χ2v) is 7.63. The van der Waals surface area contributed by atoms with Crippen LogP contribution in [0, 0.1) is 0 Å². The Morgan fingerprint density at radius 2 is 1.67 bits per heavy atom. The van der Waals surface area contributed by atoms with E-state index in [9.17, 15) is 14.7 Å². The van der Waals surface area contributed by atoms with E-state index in [1.807, 2.05) is 47.2 Å². The van der Waals surface area contributed by atoms with Gasteiger partial charge in [0, 0.05) is 31.2 Å². The van der Waals surface area contributed by atoms with Crippen LogP contribution in [0.3, 0.4) is 0 Å². The number of amides is 2. The first-order valence-electron chi connectivity index (χ1n) is 9.41. The molecule has 140 valence electrons. The number of nitrogens with zero attached hydrogens (tertiary/aromatic N) is 2. The Morgan fingerprint density at radius 1 is 1.04 bits per heavy atom. The van der Waals surface area contributed by atoms with Gasteiger partial charge in [-0.1, -0.05) is 30.3 Å². The third-order valence-electron chi connectivity index (χ3n) is 6.22. The lowest BCUT2D eigenvalue weighted by Crippen LogP contribution is -2.52. The van der Waals surface area contributed by atoms with Crippen LogP contribution in [0.1, 0.15) is 41.1 Å². The summed E-state index contributed by atoms with van der Waals surface area (Å²) < 4.78 is 0. The molecule has 2 aliphatic rings. The number of benzene rings is 2. The lowest BCUT2D eigenvalue weighted by atomic mass is 9.81. The highest BCUT2D eigenvalue weighted by Crippen LogP contribution is 2.44. The zero-order chi connectivity index (χ0) is 19.0. The topological polar surface area (TPSA) is 60.9 Å². The number of carbonyl (C=O) groups is 2. The third kappa shape index (κ3) is 3.07. The number of rotatable bonds is 2. The number of hydrogen-bond acceptors (Lipinski definition) is 3. The number of likely N-dealkylation sites (N-methyl/N-ethyl adjacent to an activating group) is 1. The number of carbonyl (C=O) groups excluding carboxylic acids is 2. The Balaban J connectivity index is 1.47. The monoisotopic (exact) mass is 364 g/mol. The Hall–Kier alpha value is -2.82. The van der Waals surface area contributed by atoms with E-state index in [1.165, 1.54) is 12.1 Å². The maximum absolute atomic E-state index is 12.9. The molecule has 1 atom stereocenters. The fourth-order valence-electron chi connectivity index (χ4n) is 4.47. The van der Waals surface area contributed by atoms with Gasteiger partial charge in [0.05, 0.1) is 5.92 Å². The highest BCUT2D eigenvalue weighted by molar-refractivity contribution is 5.94. The highest BCUT2D eigenvalue weighted by Gasteiger charge is 2.50. The van der Waals surface area contributed by atoms with E-state index in [2.05, 4.69) is 0 Å². The number of phenolic OH excluding ortho intramolecular Hbond substituents is 1. The third-order valence-corrected chi connectivity index (χ3v) is 6.22. The first-order chi connectivity index (χ1) is 13.0. The van der Waals surface area contributed by atoms with Crippen LogP contribution in [0.5, 0.6) is 5.75 Å². The van der Waals surface area contributed by atoms with Crippen LogP contribution in [0.25, 0.3) is 0 Å². The second-order valence-electron chi connectivity index (χ2n) is 7.63. The van der Waals surface area contributed by atoms with Crippen LogP contribution in [0.2, 0.25) is 0 Å². The molecule has 0 radical (unpaired) electrons. The molecule has 0 aliphatic carbocycles.